The van der Waals surface area contributed by atoms with E-state index in [1.165, 1.54) is 5.48 Å². The number of rotatable bonds is 3. The predicted molar refractivity (Wildman–Crippen MR) is 51.7 cm³/mol. The summed E-state index contributed by atoms with van der Waals surface area (Å²) >= 11 is 0. The van der Waals surface area contributed by atoms with Crippen LogP contribution < -0.4 is 5.48 Å². The van der Waals surface area contributed by atoms with E-state index in [-0.39, 0.29) is 0 Å². The van der Waals surface area contributed by atoms with Crippen molar-refractivity contribution in [2.45, 2.75) is 46.6 Å². The van der Waals surface area contributed by atoms with Gasteiger partial charge in [0.25, 0.3) is 12.3 Å². The first-order valence-electron chi connectivity index (χ1n) is 4.63. The first-order valence-corrected chi connectivity index (χ1v) is 4.63. The summed E-state index contributed by atoms with van der Waals surface area (Å²) in [6.07, 6.45) is -3.07. The molecule has 0 heterocycles. The maximum absolute atomic E-state index is 12.3. The van der Waals surface area contributed by atoms with E-state index >= 15 is 0 Å². The molecule has 0 aliphatic rings. The molecule has 92 valence electrons. The predicted octanol–water partition coefficient (Wildman–Crippen LogP) is 1.56. The van der Waals surface area contributed by atoms with Crippen molar-refractivity contribution in [2.24, 2.45) is 5.41 Å². The van der Waals surface area contributed by atoms with Gasteiger partial charge in [-0.05, 0) is 20.8 Å². The minimum atomic E-state index is -3.07. The van der Waals surface area contributed by atoms with Gasteiger partial charge < -0.3 is 5.11 Å². The van der Waals surface area contributed by atoms with Crippen LogP contribution in [0.3, 0.4) is 0 Å². The van der Waals surface area contributed by atoms with Gasteiger partial charge in [-0.2, -0.15) is 0 Å². The monoisotopic (exact) mass is 227 g/mol. The average Bonchev–Trinajstić information content (AvgIpc) is 2.18. The first-order chi connectivity index (χ1) is 6.67. The van der Waals surface area contributed by atoms with Gasteiger partial charge in [-0.1, -0.05) is 13.8 Å². The number of nitrogens with one attached hydrogen (secondary N) is 1. The van der Waals surface area contributed by atoms with Crippen molar-refractivity contribution < 1.29 is 23.9 Å². The van der Waals surface area contributed by atoms with E-state index in [4.69, 9.17) is 5.21 Å². The molecule has 0 fully saturated rings. The smallest absolute Gasteiger partial charge is 0.267 e. The highest BCUT2D eigenvalue weighted by molar-refractivity contribution is 5.82. The molecule has 0 spiro atoms. The Morgan fingerprint density at radius 3 is 1.80 bits per heavy atom. The lowest BCUT2D eigenvalue weighted by Crippen LogP contribution is -2.55. The maximum atomic E-state index is 12.3. The molecule has 0 saturated heterocycles. The zero-order valence-corrected chi connectivity index (χ0v) is 9.64. The highest BCUT2D eigenvalue weighted by atomic mass is 19.3. The number of aliphatic hydroxyl groups is 1. The molecular formula is C9H19F2NO3. The summed E-state index contributed by atoms with van der Waals surface area (Å²) < 4.78 is 24.6. The second-order valence-corrected chi connectivity index (χ2v) is 3.51. The van der Waals surface area contributed by atoms with E-state index in [0.717, 1.165) is 20.8 Å². The van der Waals surface area contributed by atoms with Gasteiger partial charge in [0.05, 0.1) is 5.41 Å². The third-order valence-corrected chi connectivity index (χ3v) is 2.36. The van der Waals surface area contributed by atoms with Crippen molar-refractivity contribution >= 4 is 5.91 Å². The zero-order chi connectivity index (χ0) is 12.9. The van der Waals surface area contributed by atoms with E-state index < -0.39 is 23.3 Å². The Balaban J connectivity index is 0. The van der Waals surface area contributed by atoms with Crippen LogP contribution in [0, 0.1) is 5.41 Å². The number of carbonyl (C=O) groups is 1. The van der Waals surface area contributed by atoms with Gasteiger partial charge in [0.2, 0.25) is 0 Å². The number of hydrogen-bond donors (Lipinski definition) is 3. The Morgan fingerprint density at radius 1 is 1.27 bits per heavy atom. The first kappa shape index (κ1) is 16.7. The van der Waals surface area contributed by atoms with Gasteiger partial charge in [0.15, 0.2) is 0 Å². The molecule has 3 N–H and O–H groups in total. The topological polar surface area (TPSA) is 69.6 Å². The van der Waals surface area contributed by atoms with Crippen molar-refractivity contribution in [2.75, 3.05) is 0 Å². The van der Waals surface area contributed by atoms with Gasteiger partial charge in [0.1, 0.15) is 5.60 Å². The van der Waals surface area contributed by atoms with Gasteiger partial charge in [-0.25, -0.2) is 14.3 Å². The van der Waals surface area contributed by atoms with E-state index in [1.54, 1.807) is 0 Å². The lowest BCUT2D eigenvalue weighted by Gasteiger charge is -2.36. The molecule has 0 saturated carbocycles. The summed E-state index contributed by atoms with van der Waals surface area (Å²) in [5.41, 5.74) is -3.02. The fraction of sp³-hybridized carbons (Fsp3) is 0.889. The van der Waals surface area contributed by atoms with Crippen LogP contribution >= 0.6 is 0 Å². The summed E-state index contributed by atoms with van der Waals surface area (Å²) in [5.74, 6) is -1.06. The summed E-state index contributed by atoms with van der Waals surface area (Å²) in [6, 6.07) is 0. The van der Waals surface area contributed by atoms with Crippen LogP contribution in [-0.2, 0) is 4.79 Å². The van der Waals surface area contributed by atoms with E-state index in [2.05, 4.69) is 0 Å². The van der Waals surface area contributed by atoms with Crippen molar-refractivity contribution in [1.29, 1.82) is 0 Å². The number of hydroxylamine groups is 1. The molecule has 1 unspecified atom stereocenters. The van der Waals surface area contributed by atoms with Crippen LogP contribution in [0.1, 0.15) is 34.6 Å². The van der Waals surface area contributed by atoms with Crippen molar-refractivity contribution in [3.8, 4) is 0 Å². The summed E-state index contributed by atoms with van der Waals surface area (Å²) in [4.78, 5) is 10.9. The molecule has 4 nitrogen and oxygen atoms in total. The Kier molecular flexibility index (Phi) is 6.64. The van der Waals surface area contributed by atoms with Crippen molar-refractivity contribution in [3.05, 3.63) is 0 Å². The summed E-state index contributed by atoms with van der Waals surface area (Å²) in [5, 5.41) is 17.6. The Labute approximate surface area is 88.2 Å². The van der Waals surface area contributed by atoms with Gasteiger partial charge >= 0.3 is 0 Å². The lowest BCUT2D eigenvalue weighted by molar-refractivity contribution is -0.177. The Bertz CT molecular complexity index is 206. The number of alkyl halides is 2. The zero-order valence-electron chi connectivity index (χ0n) is 9.64. The van der Waals surface area contributed by atoms with Gasteiger partial charge in [-0.3, -0.25) is 10.0 Å². The molecule has 0 rings (SSSR count). The van der Waals surface area contributed by atoms with Gasteiger partial charge in [0, 0.05) is 0 Å². The van der Waals surface area contributed by atoms with Crippen LogP contribution in [0.25, 0.3) is 0 Å². The molecule has 6 heteroatoms. The molecule has 0 aliphatic carbocycles. The number of halogens is 2. The Hall–Kier alpha value is -0.750. The van der Waals surface area contributed by atoms with Crippen LogP contribution in [-0.4, -0.2) is 28.2 Å². The Morgan fingerprint density at radius 2 is 1.60 bits per heavy atom. The minimum Gasteiger partial charge on any atom is -0.383 e. The summed E-state index contributed by atoms with van der Waals surface area (Å²) in [7, 11) is 0. The molecule has 0 radical (unpaired) electrons. The van der Waals surface area contributed by atoms with Crippen LogP contribution in [0.4, 0.5) is 8.78 Å². The third kappa shape index (κ3) is 3.39. The second kappa shape index (κ2) is 5.97. The van der Waals surface area contributed by atoms with Gasteiger partial charge in [-0.15, -0.1) is 0 Å². The SMILES string of the molecule is CC.CC(C)(C(=O)NO)C(C)(O)C(F)F. The minimum absolute atomic E-state index is 0.840. The molecule has 15 heavy (non-hydrogen) atoms. The lowest BCUT2D eigenvalue weighted by atomic mass is 9.75. The van der Waals surface area contributed by atoms with Crippen molar-refractivity contribution in [1.82, 2.24) is 5.48 Å². The third-order valence-electron chi connectivity index (χ3n) is 2.36. The number of amides is 1. The molecule has 0 aromatic heterocycles. The normalized spacial score (nSPS) is 15.1. The second-order valence-electron chi connectivity index (χ2n) is 3.51. The number of hydrogen-bond acceptors (Lipinski definition) is 3. The quantitative estimate of drug-likeness (QED) is 0.506. The molecule has 1 atom stereocenters. The number of carbonyl (C=O) groups excluding carboxylic acids is 1. The molecular weight excluding hydrogens is 208 g/mol. The highest BCUT2D eigenvalue weighted by Crippen LogP contribution is 2.35. The van der Waals surface area contributed by atoms with Crippen LogP contribution in [0.5, 0.6) is 0 Å². The molecule has 0 aromatic rings. The maximum Gasteiger partial charge on any atom is 0.267 e. The standard InChI is InChI=1S/C7H13F2NO3.C2H6/c1-6(2,5(11)10-13)7(3,12)4(8)9;1-2/h4,12-13H,1-3H3,(H,10,11);1-2H3. The van der Waals surface area contributed by atoms with Crippen molar-refractivity contribution in [3.63, 3.8) is 0 Å². The molecule has 0 bridgehead atoms. The van der Waals surface area contributed by atoms with E-state index in [9.17, 15) is 18.7 Å². The summed E-state index contributed by atoms with van der Waals surface area (Å²) in [6.45, 7) is 7.07. The van der Waals surface area contributed by atoms with Crippen LogP contribution in [0.15, 0.2) is 0 Å². The fourth-order valence-corrected chi connectivity index (χ4v) is 0.642. The average molecular weight is 227 g/mol. The molecule has 0 aromatic carbocycles. The largest absolute Gasteiger partial charge is 0.383 e. The highest BCUT2D eigenvalue weighted by Gasteiger charge is 2.51. The van der Waals surface area contributed by atoms with E-state index in [0.29, 0.717) is 0 Å². The molecule has 0 aliphatic heterocycles. The van der Waals surface area contributed by atoms with E-state index in [1.807, 2.05) is 13.8 Å². The fourth-order valence-electron chi connectivity index (χ4n) is 0.642. The molecule has 1 amide bonds. The van der Waals surface area contributed by atoms with Crippen LogP contribution in [0.2, 0.25) is 0 Å².